The van der Waals surface area contributed by atoms with E-state index in [0.717, 1.165) is 11.3 Å². The summed E-state index contributed by atoms with van der Waals surface area (Å²) in [6.45, 7) is 6.18. The molecule has 0 saturated heterocycles. The lowest BCUT2D eigenvalue weighted by Crippen LogP contribution is -2.44. The normalized spacial score (nSPS) is 11.6. The number of carbonyl (C=O) groups is 2. The van der Waals surface area contributed by atoms with Crippen LogP contribution in [0.4, 0.5) is 0 Å². The Morgan fingerprint density at radius 1 is 1.17 bits per heavy atom. The third-order valence-corrected chi connectivity index (χ3v) is 3.38. The smallest absolute Gasteiger partial charge is 0.287 e. The van der Waals surface area contributed by atoms with Crippen LogP contribution in [-0.2, 0) is 11.4 Å². The maximum absolute atomic E-state index is 12.1. The zero-order valence-corrected chi connectivity index (χ0v) is 14.1. The quantitative estimate of drug-likeness (QED) is 0.817. The van der Waals surface area contributed by atoms with Gasteiger partial charge in [0.2, 0.25) is 5.91 Å². The van der Waals surface area contributed by atoms with E-state index in [1.807, 2.05) is 38.1 Å². The second kappa shape index (κ2) is 8.19. The van der Waals surface area contributed by atoms with Crippen LogP contribution in [0.3, 0.4) is 0 Å². The predicted molar refractivity (Wildman–Crippen MR) is 89.8 cm³/mol. The fraction of sp³-hybridized carbons (Fsp3) is 0.333. The molecule has 1 atom stereocenters. The van der Waals surface area contributed by atoms with Crippen molar-refractivity contribution in [3.8, 4) is 5.75 Å². The number of likely N-dealkylation sites (N-methyl/N-ethyl adjacent to an activating group) is 1. The first kappa shape index (κ1) is 17.6. The van der Waals surface area contributed by atoms with Crippen molar-refractivity contribution in [3.05, 3.63) is 53.5 Å². The summed E-state index contributed by atoms with van der Waals surface area (Å²) in [7, 11) is 0. The lowest BCUT2D eigenvalue weighted by molar-refractivity contribution is -0.122. The van der Waals surface area contributed by atoms with Gasteiger partial charge in [0.05, 0.1) is 0 Å². The van der Waals surface area contributed by atoms with Gasteiger partial charge in [-0.25, -0.2) is 0 Å². The van der Waals surface area contributed by atoms with E-state index in [4.69, 9.17) is 9.15 Å². The summed E-state index contributed by atoms with van der Waals surface area (Å²) in [6.07, 6.45) is 0. The summed E-state index contributed by atoms with van der Waals surface area (Å²) >= 11 is 0. The van der Waals surface area contributed by atoms with Crippen LogP contribution >= 0.6 is 0 Å². The Morgan fingerprint density at radius 3 is 2.54 bits per heavy atom. The third-order valence-electron chi connectivity index (χ3n) is 3.38. The highest BCUT2D eigenvalue weighted by Gasteiger charge is 2.18. The van der Waals surface area contributed by atoms with Gasteiger partial charge in [-0.2, -0.15) is 0 Å². The van der Waals surface area contributed by atoms with Crippen molar-refractivity contribution in [2.45, 2.75) is 33.4 Å². The molecular weight excluding hydrogens is 308 g/mol. The summed E-state index contributed by atoms with van der Waals surface area (Å²) in [6, 6.07) is 10.3. The van der Waals surface area contributed by atoms with Crippen LogP contribution in [0.2, 0.25) is 0 Å². The van der Waals surface area contributed by atoms with Gasteiger partial charge >= 0.3 is 0 Å². The number of carbonyl (C=O) groups excluding carboxylic acids is 2. The van der Waals surface area contributed by atoms with Crippen LogP contribution in [0, 0.1) is 6.92 Å². The van der Waals surface area contributed by atoms with E-state index in [9.17, 15) is 9.59 Å². The molecule has 2 N–H and O–H groups in total. The number of furan rings is 1. The van der Waals surface area contributed by atoms with Crippen LogP contribution in [0.25, 0.3) is 0 Å². The molecular formula is C18H22N2O4. The van der Waals surface area contributed by atoms with Gasteiger partial charge in [-0.05, 0) is 45.0 Å². The molecule has 2 amide bonds. The molecule has 0 radical (unpaired) electrons. The van der Waals surface area contributed by atoms with Crippen molar-refractivity contribution >= 4 is 11.8 Å². The van der Waals surface area contributed by atoms with E-state index in [1.54, 1.807) is 19.1 Å². The minimum absolute atomic E-state index is 0.147. The van der Waals surface area contributed by atoms with E-state index in [-0.39, 0.29) is 18.3 Å². The molecule has 0 bridgehead atoms. The zero-order chi connectivity index (χ0) is 17.5. The summed E-state index contributed by atoms with van der Waals surface area (Å²) in [5.41, 5.74) is 1.15. The maximum Gasteiger partial charge on any atom is 0.287 e. The van der Waals surface area contributed by atoms with Crippen molar-refractivity contribution in [2.24, 2.45) is 0 Å². The number of ether oxygens (including phenoxy) is 1. The van der Waals surface area contributed by atoms with Crippen molar-refractivity contribution < 1.29 is 18.7 Å². The van der Waals surface area contributed by atoms with Crippen molar-refractivity contribution in [1.29, 1.82) is 0 Å². The Morgan fingerprint density at radius 2 is 1.88 bits per heavy atom. The van der Waals surface area contributed by atoms with Crippen molar-refractivity contribution in [3.63, 3.8) is 0 Å². The molecule has 24 heavy (non-hydrogen) atoms. The molecule has 1 aromatic carbocycles. The molecule has 6 nitrogen and oxygen atoms in total. The Kier molecular flexibility index (Phi) is 6.01. The van der Waals surface area contributed by atoms with Crippen LogP contribution < -0.4 is 15.4 Å². The van der Waals surface area contributed by atoms with E-state index in [2.05, 4.69) is 10.6 Å². The molecule has 0 saturated carbocycles. The van der Waals surface area contributed by atoms with Gasteiger partial charge in [0, 0.05) is 6.54 Å². The molecule has 0 fully saturated rings. The topological polar surface area (TPSA) is 80.6 Å². The number of amides is 2. The largest absolute Gasteiger partial charge is 0.486 e. The molecule has 0 aliphatic carbocycles. The van der Waals surface area contributed by atoms with E-state index in [0.29, 0.717) is 12.3 Å². The molecule has 2 rings (SSSR count). The second-order valence-electron chi connectivity index (χ2n) is 5.46. The van der Waals surface area contributed by atoms with Gasteiger partial charge < -0.3 is 19.8 Å². The van der Waals surface area contributed by atoms with Gasteiger partial charge in [0.1, 0.15) is 24.2 Å². The van der Waals surface area contributed by atoms with Crippen LogP contribution in [0.1, 0.15) is 35.7 Å². The van der Waals surface area contributed by atoms with Gasteiger partial charge in [0.15, 0.2) is 5.76 Å². The molecule has 1 aromatic heterocycles. The Balaban J connectivity index is 1.88. The predicted octanol–water partition coefficient (Wildman–Crippen LogP) is 2.42. The average Bonchev–Trinajstić information content (AvgIpc) is 3.03. The molecule has 0 unspecified atom stereocenters. The third kappa shape index (κ3) is 4.87. The summed E-state index contributed by atoms with van der Waals surface area (Å²) in [4.78, 5) is 23.7. The lowest BCUT2D eigenvalue weighted by Gasteiger charge is -2.12. The van der Waals surface area contributed by atoms with Gasteiger partial charge in [-0.3, -0.25) is 9.59 Å². The highest BCUT2D eigenvalue weighted by Crippen LogP contribution is 2.15. The van der Waals surface area contributed by atoms with E-state index < -0.39 is 11.9 Å². The number of nitrogens with one attached hydrogen (secondary N) is 2. The fourth-order valence-corrected chi connectivity index (χ4v) is 2.03. The monoisotopic (exact) mass is 330 g/mol. The van der Waals surface area contributed by atoms with E-state index in [1.165, 1.54) is 0 Å². The first-order valence-electron chi connectivity index (χ1n) is 7.86. The Labute approximate surface area is 141 Å². The number of benzene rings is 1. The van der Waals surface area contributed by atoms with Crippen molar-refractivity contribution in [1.82, 2.24) is 10.6 Å². The summed E-state index contributed by atoms with van der Waals surface area (Å²) < 4.78 is 11.1. The number of hydrogen-bond donors (Lipinski definition) is 2. The maximum atomic E-state index is 12.1. The molecule has 1 heterocycles. The highest BCUT2D eigenvalue weighted by molar-refractivity contribution is 5.95. The molecule has 128 valence electrons. The van der Waals surface area contributed by atoms with Gasteiger partial charge in [0.25, 0.3) is 5.91 Å². The summed E-state index contributed by atoms with van der Waals surface area (Å²) in [5, 5.41) is 5.23. The number of hydrogen-bond acceptors (Lipinski definition) is 4. The summed E-state index contributed by atoms with van der Waals surface area (Å²) in [5.74, 6) is 0.739. The molecule has 0 spiro atoms. The first-order valence-corrected chi connectivity index (χ1v) is 7.86. The molecule has 0 aliphatic rings. The van der Waals surface area contributed by atoms with Crippen LogP contribution in [0.5, 0.6) is 5.75 Å². The van der Waals surface area contributed by atoms with Gasteiger partial charge in [-0.1, -0.05) is 17.7 Å². The van der Waals surface area contributed by atoms with Crippen LogP contribution in [-0.4, -0.2) is 24.4 Å². The SMILES string of the molecule is CCNC(=O)[C@H](C)NC(=O)c1ccc(COc2ccc(C)cc2)o1. The van der Waals surface area contributed by atoms with E-state index >= 15 is 0 Å². The molecule has 2 aromatic rings. The highest BCUT2D eigenvalue weighted by atomic mass is 16.5. The minimum atomic E-state index is -0.630. The number of rotatable bonds is 7. The standard InChI is InChI=1S/C18H22N2O4/c1-4-19-17(21)13(3)20-18(22)16-10-9-15(24-16)11-23-14-7-5-12(2)6-8-14/h5-10,13H,4,11H2,1-3H3,(H,19,21)(H,20,22)/t13-/m0/s1. The lowest BCUT2D eigenvalue weighted by atomic mass is 10.2. The Bertz CT molecular complexity index is 691. The average molecular weight is 330 g/mol. The van der Waals surface area contributed by atoms with Crippen molar-refractivity contribution in [2.75, 3.05) is 6.54 Å². The number of aryl methyl sites for hydroxylation is 1. The first-order chi connectivity index (χ1) is 11.5. The molecule has 6 heteroatoms. The molecule has 0 aliphatic heterocycles. The van der Waals surface area contributed by atoms with Gasteiger partial charge in [-0.15, -0.1) is 0 Å². The zero-order valence-electron chi connectivity index (χ0n) is 14.1. The second-order valence-corrected chi connectivity index (χ2v) is 5.46. The Hall–Kier alpha value is -2.76. The minimum Gasteiger partial charge on any atom is -0.486 e. The van der Waals surface area contributed by atoms with Crippen LogP contribution in [0.15, 0.2) is 40.8 Å². The fourth-order valence-electron chi connectivity index (χ4n) is 2.03.